The maximum atomic E-state index is 6.27. The minimum atomic E-state index is -0.402. The lowest BCUT2D eigenvalue weighted by Crippen LogP contribution is -2.50. The van der Waals surface area contributed by atoms with E-state index in [-0.39, 0.29) is 10.8 Å². The molecule has 0 bridgehead atoms. The Morgan fingerprint density at radius 3 is 2.10 bits per heavy atom. The Hall–Kier alpha value is -1.35. The van der Waals surface area contributed by atoms with Crippen molar-refractivity contribution in [2.45, 2.75) is 64.8 Å². The SMILES string of the molecule is CC(C)(C)c1ccc2oc(C(C)(C)C(C)(C)N)nc2c1. The standard InChI is InChI=1S/C17H26N2O/c1-15(2,3)11-8-9-13-12(10-11)19-14(20-13)16(4,5)17(6,7)18/h8-10H,18H2,1-7H3. The van der Waals surface area contributed by atoms with E-state index in [4.69, 9.17) is 10.2 Å². The Balaban J connectivity index is 2.55. The molecule has 0 aliphatic rings. The van der Waals surface area contributed by atoms with Gasteiger partial charge in [0.15, 0.2) is 5.58 Å². The summed E-state index contributed by atoms with van der Waals surface area (Å²) in [5.74, 6) is 0.700. The van der Waals surface area contributed by atoms with Crippen LogP contribution < -0.4 is 5.73 Å². The average molecular weight is 274 g/mol. The van der Waals surface area contributed by atoms with Crippen LogP contribution in [0.3, 0.4) is 0 Å². The third-order valence-corrected chi connectivity index (χ3v) is 4.40. The normalized spacial score (nSPS) is 14.0. The van der Waals surface area contributed by atoms with Crippen LogP contribution in [0.15, 0.2) is 22.6 Å². The molecule has 0 atom stereocenters. The zero-order chi connectivity index (χ0) is 15.3. The highest BCUT2D eigenvalue weighted by molar-refractivity contribution is 5.74. The molecule has 2 rings (SSSR count). The van der Waals surface area contributed by atoms with Gasteiger partial charge in [0, 0.05) is 5.54 Å². The van der Waals surface area contributed by atoms with Crippen molar-refractivity contribution in [3.63, 3.8) is 0 Å². The Bertz CT molecular complexity index is 624. The Morgan fingerprint density at radius 2 is 1.60 bits per heavy atom. The number of aromatic nitrogens is 1. The Morgan fingerprint density at radius 1 is 1.00 bits per heavy atom. The third kappa shape index (κ3) is 2.47. The van der Waals surface area contributed by atoms with E-state index in [2.05, 4.69) is 51.7 Å². The van der Waals surface area contributed by atoms with E-state index in [1.165, 1.54) is 5.56 Å². The molecule has 0 spiro atoms. The molecule has 0 unspecified atom stereocenters. The largest absolute Gasteiger partial charge is 0.440 e. The summed E-state index contributed by atoms with van der Waals surface area (Å²) in [4.78, 5) is 4.68. The van der Waals surface area contributed by atoms with Gasteiger partial charge in [-0.3, -0.25) is 0 Å². The van der Waals surface area contributed by atoms with Crippen molar-refractivity contribution < 1.29 is 4.42 Å². The van der Waals surface area contributed by atoms with Gasteiger partial charge in [0.1, 0.15) is 5.52 Å². The maximum absolute atomic E-state index is 6.27. The molecule has 1 aromatic carbocycles. The zero-order valence-electron chi connectivity index (χ0n) is 13.7. The van der Waals surface area contributed by atoms with Crippen molar-refractivity contribution in [1.29, 1.82) is 0 Å². The number of hydrogen-bond acceptors (Lipinski definition) is 3. The third-order valence-electron chi connectivity index (χ3n) is 4.40. The molecular formula is C17H26N2O. The molecule has 0 amide bonds. The van der Waals surface area contributed by atoms with Gasteiger partial charge < -0.3 is 10.2 Å². The molecule has 0 aliphatic heterocycles. The summed E-state index contributed by atoms with van der Waals surface area (Å²) >= 11 is 0. The van der Waals surface area contributed by atoms with E-state index < -0.39 is 5.54 Å². The van der Waals surface area contributed by atoms with Gasteiger partial charge in [0.2, 0.25) is 5.89 Å². The summed E-state index contributed by atoms with van der Waals surface area (Å²) in [5, 5.41) is 0. The molecule has 0 radical (unpaired) electrons. The van der Waals surface area contributed by atoms with Gasteiger partial charge in [-0.1, -0.05) is 26.8 Å². The fourth-order valence-corrected chi connectivity index (χ4v) is 1.94. The van der Waals surface area contributed by atoms with Crippen molar-refractivity contribution in [3.05, 3.63) is 29.7 Å². The van der Waals surface area contributed by atoms with Crippen LogP contribution in [0.25, 0.3) is 11.1 Å². The summed E-state index contributed by atoms with van der Waals surface area (Å²) in [6, 6.07) is 6.23. The lowest BCUT2D eigenvalue weighted by molar-refractivity contribution is 0.251. The fraction of sp³-hybridized carbons (Fsp3) is 0.588. The van der Waals surface area contributed by atoms with Crippen LogP contribution in [-0.2, 0) is 10.8 Å². The zero-order valence-corrected chi connectivity index (χ0v) is 13.7. The molecule has 110 valence electrons. The van der Waals surface area contributed by atoms with Crippen molar-refractivity contribution in [2.75, 3.05) is 0 Å². The molecule has 0 saturated heterocycles. The first-order valence-corrected chi connectivity index (χ1v) is 7.13. The number of oxazole rings is 1. The van der Waals surface area contributed by atoms with Crippen LogP contribution in [0.5, 0.6) is 0 Å². The number of fused-ring (bicyclic) bond motifs is 1. The van der Waals surface area contributed by atoms with Crippen molar-refractivity contribution >= 4 is 11.1 Å². The topological polar surface area (TPSA) is 52.0 Å². The molecule has 0 saturated carbocycles. The Kier molecular flexibility index (Phi) is 3.25. The van der Waals surface area contributed by atoms with E-state index in [1.54, 1.807) is 0 Å². The van der Waals surface area contributed by atoms with Gasteiger partial charge in [-0.2, -0.15) is 0 Å². The van der Waals surface area contributed by atoms with Crippen molar-refractivity contribution in [1.82, 2.24) is 4.98 Å². The van der Waals surface area contributed by atoms with Crippen LogP contribution >= 0.6 is 0 Å². The predicted octanol–water partition coefficient (Wildman–Crippen LogP) is 4.14. The summed E-state index contributed by atoms with van der Waals surface area (Å²) < 4.78 is 5.94. The molecule has 3 nitrogen and oxygen atoms in total. The van der Waals surface area contributed by atoms with E-state index >= 15 is 0 Å². The lowest BCUT2D eigenvalue weighted by atomic mass is 9.75. The fourth-order valence-electron chi connectivity index (χ4n) is 1.94. The monoisotopic (exact) mass is 274 g/mol. The highest BCUT2D eigenvalue weighted by Crippen LogP contribution is 2.35. The molecular weight excluding hydrogens is 248 g/mol. The summed E-state index contributed by atoms with van der Waals surface area (Å²) in [6.45, 7) is 14.7. The van der Waals surface area contributed by atoms with E-state index in [0.717, 1.165) is 11.1 Å². The molecule has 1 heterocycles. The molecule has 2 N–H and O–H groups in total. The van der Waals surface area contributed by atoms with Crippen LogP contribution in [0.1, 0.15) is 59.9 Å². The molecule has 0 aliphatic carbocycles. The first-order chi connectivity index (χ1) is 8.93. The molecule has 0 fully saturated rings. The smallest absolute Gasteiger partial charge is 0.202 e. The quantitative estimate of drug-likeness (QED) is 0.895. The van der Waals surface area contributed by atoms with Crippen LogP contribution in [-0.4, -0.2) is 10.5 Å². The first-order valence-electron chi connectivity index (χ1n) is 7.13. The second kappa shape index (κ2) is 4.32. The van der Waals surface area contributed by atoms with Crippen LogP contribution in [0, 0.1) is 0 Å². The number of benzene rings is 1. The molecule has 1 aromatic heterocycles. The number of rotatable bonds is 2. The molecule has 20 heavy (non-hydrogen) atoms. The van der Waals surface area contributed by atoms with Crippen molar-refractivity contribution in [3.8, 4) is 0 Å². The van der Waals surface area contributed by atoms with Crippen LogP contribution in [0.2, 0.25) is 0 Å². The number of nitrogens with zero attached hydrogens (tertiary/aromatic N) is 1. The van der Waals surface area contributed by atoms with Gasteiger partial charge in [-0.25, -0.2) is 4.98 Å². The summed E-state index contributed by atoms with van der Waals surface area (Å²) in [5.41, 5.74) is 8.64. The molecule has 2 aromatic rings. The van der Waals surface area contributed by atoms with E-state index in [0.29, 0.717) is 5.89 Å². The minimum absolute atomic E-state index is 0.107. The van der Waals surface area contributed by atoms with Crippen LogP contribution in [0.4, 0.5) is 0 Å². The lowest BCUT2D eigenvalue weighted by Gasteiger charge is -2.35. The highest BCUT2D eigenvalue weighted by atomic mass is 16.3. The number of hydrogen-bond donors (Lipinski definition) is 1. The van der Waals surface area contributed by atoms with Gasteiger partial charge >= 0.3 is 0 Å². The second-order valence-corrected chi connectivity index (χ2v) is 7.80. The van der Waals surface area contributed by atoms with Gasteiger partial charge in [0.05, 0.1) is 5.41 Å². The second-order valence-electron chi connectivity index (χ2n) is 7.80. The first kappa shape index (κ1) is 15.0. The summed E-state index contributed by atoms with van der Waals surface area (Å²) in [7, 11) is 0. The van der Waals surface area contributed by atoms with Gasteiger partial charge in [0.25, 0.3) is 0 Å². The number of nitrogens with two attached hydrogens (primary N) is 1. The van der Waals surface area contributed by atoms with Gasteiger partial charge in [-0.15, -0.1) is 0 Å². The minimum Gasteiger partial charge on any atom is -0.440 e. The van der Waals surface area contributed by atoms with Crippen molar-refractivity contribution in [2.24, 2.45) is 5.73 Å². The predicted molar refractivity (Wildman–Crippen MR) is 84.0 cm³/mol. The Labute approximate surface area is 121 Å². The average Bonchev–Trinajstić information content (AvgIpc) is 2.68. The van der Waals surface area contributed by atoms with E-state index in [9.17, 15) is 0 Å². The maximum Gasteiger partial charge on any atom is 0.202 e. The molecule has 3 heteroatoms. The summed E-state index contributed by atoms with van der Waals surface area (Å²) in [6.07, 6.45) is 0. The van der Waals surface area contributed by atoms with E-state index in [1.807, 2.05) is 19.9 Å². The highest BCUT2D eigenvalue weighted by Gasteiger charge is 2.39. The van der Waals surface area contributed by atoms with Gasteiger partial charge in [-0.05, 0) is 50.8 Å².